The van der Waals surface area contributed by atoms with Crippen molar-refractivity contribution >= 4 is 21.6 Å². The summed E-state index contributed by atoms with van der Waals surface area (Å²) in [6.45, 7) is 0. The van der Waals surface area contributed by atoms with Gasteiger partial charge in [0, 0.05) is 11.1 Å². The van der Waals surface area contributed by atoms with Crippen molar-refractivity contribution in [3.8, 4) is 0 Å². The van der Waals surface area contributed by atoms with E-state index in [9.17, 15) is 8.42 Å². The predicted octanol–water partition coefficient (Wildman–Crippen LogP) is 3.95. The minimum absolute atomic E-state index is 0.112. The van der Waals surface area contributed by atoms with E-state index in [4.69, 9.17) is 16.0 Å². The third-order valence-corrected chi connectivity index (χ3v) is 6.95. The van der Waals surface area contributed by atoms with Crippen LogP contribution in [0.2, 0.25) is 5.02 Å². The molecular weight excluding hydrogens is 396 g/mol. The van der Waals surface area contributed by atoms with Gasteiger partial charge in [-0.2, -0.15) is 0 Å². The minimum Gasteiger partial charge on any atom is -0.451 e. The Morgan fingerprint density at radius 3 is 2.71 bits per heavy atom. The van der Waals surface area contributed by atoms with Crippen molar-refractivity contribution in [2.45, 2.75) is 43.0 Å². The molecule has 7 heteroatoms. The second-order valence-electron chi connectivity index (χ2n) is 7.05. The van der Waals surface area contributed by atoms with Crippen LogP contribution < -0.4 is 4.72 Å². The summed E-state index contributed by atoms with van der Waals surface area (Å²) in [7, 11) is -3.56. The predicted molar refractivity (Wildman–Crippen MR) is 108 cm³/mol. The van der Waals surface area contributed by atoms with Gasteiger partial charge in [-0.15, -0.1) is 0 Å². The maximum absolute atomic E-state index is 12.7. The van der Waals surface area contributed by atoms with Crippen LogP contribution in [0.15, 0.2) is 64.4 Å². The Morgan fingerprint density at radius 2 is 1.96 bits per heavy atom. The number of nitrogens with one attached hydrogen (secondary N) is 1. The molecular formula is C21H21ClN2O3S. The Kier molecular flexibility index (Phi) is 5.53. The van der Waals surface area contributed by atoms with E-state index in [-0.39, 0.29) is 10.9 Å². The van der Waals surface area contributed by atoms with Gasteiger partial charge >= 0.3 is 0 Å². The van der Waals surface area contributed by atoms with Crippen molar-refractivity contribution < 1.29 is 12.8 Å². The fraction of sp³-hybridized carbons (Fsp3) is 0.286. The Balaban J connectivity index is 1.46. The van der Waals surface area contributed by atoms with Crippen LogP contribution in [0.5, 0.6) is 0 Å². The molecule has 0 saturated carbocycles. The van der Waals surface area contributed by atoms with E-state index >= 15 is 0 Å². The zero-order valence-corrected chi connectivity index (χ0v) is 16.8. The van der Waals surface area contributed by atoms with Crippen molar-refractivity contribution in [3.05, 3.63) is 82.5 Å². The van der Waals surface area contributed by atoms with Crippen molar-refractivity contribution in [3.63, 3.8) is 0 Å². The van der Waals surface area contributed by atoms with Crippen molar-refractivity contribution in [2.24, 2.45) is 0 Å². The zero-order chi connectivity index (χ0) is 19.6. The Hall–Kier alpha value is -2.15. The van der Waals surface area contributed by atoms with Gasteiger partial charge in [-0.3, -0.25) is 0 Å². The number of aromatic nitrogens is 1. The summed E-state index contributed by atoms with van der Waals surface area (Å²) in [5.41, 5.74) is 4.81. The quantitative estimate of drug-likeness (QED) is 0.660. The SMILES string of the molecule is O=S(=O)(NC1CCc2c(CCc3cocn3)cccc2C1)c1ccc(Cl)cc1. The van der Waals surface area contributed by atoms with Gasteiger partial charge < -0.3 is 4.42 Å². The van der Waals surface area contributed by atoms with Crippen LogP contribution in [0.25, 0.3) is 0 Å². The first-order valence-corrected chi connectivity index (χ1v) is 11.1. The van der Waals surface area contributed by atoms with Gasteiger partial charge in [0.2, 0.25) is 10.0 Å². The molecule has 28 heavy (non-hydrogen) atoms. The largest absolute Gasteiger partial charge is 0.451 e. The monoisotopic (exact) mass is 416 g/mol. The molecule has 1 aliphatic rings. The highest BCUT2D eigenvalue weighted by Crippen LogP contribution is 2.27. The first-order valence-electron chi connectivity index (χ1n) is 9.26. The summed E-state index contributed by atoms with van der Waals surface area (Å²) < 4.78 is 33.2. The highest BCUT2D eigenvalue weighted by Gasteiger charge is 2.25. The van der Waals surface area contributed by atoms with Crippen molar-refractivity contribution in [2.75, 3.05) is 0 Å². The maximum atomic E-state index is 12.7. The number of hydrogen-bond donors (Lipinski definition) is 1. The lowest BCUT2D eigenvalue weighted by molar-refractivity contribution is 0.506. The summed E-state index contributed by atoms with van der Waals surface area (Å²) >= 11 is 5.86. The van der Waals surface area contributed by atoms with E-state index in [1.807, 2.05) is 6.07 Å². The number of benzene rings is 2. The van der Waals surface area contributed by atoms with Crippen LogP contribution >= 0.6 is 11.6 Å². The standard InChI is InChI=1S/C21H21ClN2O3S/c22-17-5-9-20(10-6-17)28(25,26)24-18-8-11-21-15(2-1-3-16(21)12-18)4-7-19-13-27-14-23-19/h1-3,5-6,9-10,13-14,18,24H,4,7-8,11-12H2. The van der Waals surface area contributed by atoms with Gasteiger partial charge in [-0.25, -0.2) is 18.1 Å². The highest BCUT2D eigenvalue weighted by atomic mass is 35.5. The first kappa shape index (κ1) is 19.2. The number of oxazole rings is 1. The van der Waals surface area contributed by atoms with Crippen molar-refractivity contribution in [1.82, 2.24) is 9.71 Å². The fourth-order valence-corrected chi connectivity index (χ4v) is 5.14. The fourth-order valence-electron chi connectivity index (χ4n) is 3.75. The second kappa shape index (κ2) is 8.07. The van der Waals surface area contributed by atoms with Gasteiger partial charge in [0.1, 0.15) is 6.26 Å². The number of rotatable bonds is 6. The number of aryl methyl sites for hydroxylation is 2. The molecule has 3 aromatic rings. The lowest BCUT2D eigenvalue weighted by Gasteiger charge is -2.27. The number of fused-ring (bicyclic) bond motifs is 1. The summed E-state index contributed by atoms with van der Waals surface area (Å²) in [6, 6.07) is 12.4. The third kappa shape index (κ3) is 4.29. The lowest BCUT2D eigenvalue weighted by atomic mass is 9.84. The number of nitrogens with zero attached hydrogens (tertiary/aromatic N) is 1. The van der Waals surface area contributed by atoms with Crippen LogP contribution in [0.4, 0.5) is 0 Å². The summed E-state index contributed by atoms with van der Waals surface area (Å²) in [4.78, 5) is 4.42. The molecule has 0 radical (unpaired) electrons. The molecule has 0 saturated heterocycles. The van der Waals surface area contributed by atoms with Crippen LogP contribution in [-0.4, -0.2) is 19.4 Å². The Bertz CT molecular complexity index is 1050. The third-order valence-electron chi connectivity index (χ3n) is 5.16. The molecule has 1 aromatic heterocycles. The average molecular weight is 417 g/mol. The molecule has 1 atom stereocenters. The van der Waals surface area contributed by atoms with Gasteiger partial charge in [-0.05, 0) is 73.1 Å². The van der Waals surface area contributed by atoms with E-state index in [1.165, 1.54) is 35.2 Å². The van der Waals surface area contributed by atoms with Crippen LogP contribution in [0.1, 0.15) is 28.8 Å². The van der Waals surface area contributed by atoms with Gasteiger partial charge in [-0.1, -0.05) is 29.8 Å². The van der Waals surface area contributed by atoms with Crippen LogP contribution in [0, 0.1) is 0 Å². The maximum Gasteiger partial charge on any atom is 0.240 e. The molecule has 5 nitrogen and oxygen atoms in total. The van der Waals surface area contributed by atoms with E-state index in [0.29, 0.717) is 11.4 Å². The molecule has 0 bridgehead atoms. The van der Waals surface area contributed by atoms with Crippen LogP contribution in [0.3, 0.4) is 0 Å². The molecule has 0 spiro atoms. The van der Waals surface area contributed by atoms with Gasteiger partial charge in [0.15, 0.2) is 6.39 Å². The van der Waals surface area contributed by atoms with Crippen LogP contribution in [-0.2, 0) is 35.7 Å². The van der Waals surface area contributed by atoms with Crippen molar-refractivity contribution in [1.29, 1.82) is 0 Å². The molecule has 0 fully saturated rings. The summed E-state index contributed by atoms with van der Waals surface area (Å²) in [5.74, 6) is 0. The molecule has 1 unspecified atom stereocenters. The van der Waals surface area contributed by atoms with Gasteiger partial charge in [0.25, 0.3) is 0 Å². The normalized spacial score (nSPS) is 16.7. The number of halogens is 1. The molecule has 1 N–H and O–H groups in total. The Labute approximate surface area is 169 Å². The molecule has 0 amide bonds. The average Bonchev–Trinajstić information content (AvgIpc) is 3.20. The topological polar surface area (TPSA) is 72.2 Å². The van der Waals surface area contributed by atoms with E-state index in [1.54, 1.807) is 18.4 Å². The van der Waals surface area contributed by atoms with E-state index in [2.05, 4.69) is 21.8 Å². The number of sulfonamides is 1. The highest BCUT2D eigenvalue weighted by molar-refractivity contribution is 7.89. The lowest BCUT2D eigenvalue weighted by Crippen LogP contribution is -2.39. The van der Waals surface area contributed by atoms with E-state index in [0.717, 1.165) is 31.4 Å². The smallest absolute Gasteiger partial charge is 0.240 e. The molecule has 0 aliphatic heterocycles. The molecule has 1 aliphatic carbocycles. The summed E-state index contributed by atoms with van der Waals surface area (Å²) in [6.07, 6.45) is 7.19. The minimum atomic E-state index is -3.56. The zero-order valence-electron chi connectivity index (χ0n) is 15.3. The second-order valence-corrected chi connectivity index (χ2v) is 9.20. The molecule has 1 heterocycles. The van der Waals surface area contributed by atoms with E-state index < -0.39 is 10.0 Å². The molecule has 2 aromatic carbocycles. The molecule has 146 valence electrons. The first-order chi connectivity index (χ1) is 13.5. The Morgan fingerprint density at radius 1 is 1.14 bits per heavy atom. The summed E-state index contributed by atoms with van der Waals surface area (Å²) in [5, 5.41) is 0.517. The number of hydrogen-bond acceptors (Lipinski definition) is 4. The van der Waals surface area contributed by atoms with Gasteiger partial charge in [0.05, 0.1) is 10.6 Å². The molecule has 4 rings (SSSR count).